The topological polar surface area (TPSA) is 0 Å². The van der Waals surface area contributed by atoms with Crippen molar-refractivity contribution in [3.05, 3.63) is 35.4 Å². The Morgan fingerprint density at radius 1 is 1.12 bits per heavy atom. The van der Waals surface area contributed by atoms with Gasteiger partial charge >= 0.3 is 0 Å². The Labute approximate surface area is 102 Å². The Balaban J connectivity index is 2.00. The van der Waals surface area contributed by atoms with Gasteiger partial charge in [0.25, 0.3) is 0 Å². The SMILES string of the molecule is CC(C)Cc1ccc(C2CBBBC2)cc1. The lowest BCUT2D eigenvalue weighted by atomic mass is 9.14. The molecule has 82 valence electrons. The van der Waals surface area contributed by atoms with Crippen molar-refractivity contribution in [2.45, 2.75) is 38.8 Å². The lowest BCUT2D eigenvalue weighted by molar-refractivity contribution is 0.647. The van der Waals surface area contributed by atoms with Gasteiger partial charge in [0, 0.05) is 0 Å². The van der Waals surface area contributed by atoms with Crippen molar-refractivity contribution < 1.29 is 0 Å². The van der Waals surface area contributed by atoms with Gasteiger partial charge in [0.05, 0.1) is 21.4 Å². The summed E-state index contributed by atoms with van der Waals surface area (Å²) >= 11 is 0. The smallest absolute Gasteiger partial charge is 0.0791 e. The molecule has 0 atom stereocenters. The van der Waals surface area contributed by atoms with Gasteiger partial charge in [-0.1, -0.05) is 50.8 Å². The quantitative estimate of drug-likeness (QED) is 0.668. The third-order valence-corrected chi connectivity index (χ3v) is 3.70. The predicted octanol–water partition coefficient (Wildman–Crippen LogP) is 1.96. The van der Waals surface area contributed by atoms with Crippen LogP contribution in [-0.2, 0) is 6.42 Å². The molecule has 0 spiro atoms. The van der Waals surface area contributed by atoms with Crippen molar-refractivity contribution in [2.75, 3.05) is 0 Å². The van der Waals surface area contributed by atoms with Crippen LogP contribution >= 0.6 is 0 Å². The molecule has 1 aliphatic rings. The van der Waals surface area contributed by atoms with Crippen molar-refractivity contribution in [1.29, 1.82) is 0 Å². The van der Waals surface area contributed by atoms with Crippen LogP contribution in [0.2, 0.25) is 12.6 Å². The van der Waals surface area contributed by atoms with Crippen LogP contribution in [0, 0.1) is 5.92 Å². The van der Waals surface area contributed by atoms with Crippen molar-refractivity contribution in [2.24, 2.45) is 5.92 Å². The highest BCUT2D eigenvalue weighted by atomic mass is 14.1. The fourth-order valence-corrected chi connectivity index (χ4v) is 2.83. The van der Waals surface area contributed by atoms with Gasteiger partial charge in [0.1, 0.15) is 0 Å². The average Bonchev–Trinajstić information content (AvgIpc) is 2.30. The summed E-state index contributed by atoms with van der Waals surface area (Å²) in [4.78, 5) is 0. The maximum atomic E-state index is 2.37. The van der Waals surface area contributed by atoms with E-state index in [2.05, 4.69) is 38.1 Å². The van der Waals surface area contributed by atoms with E-state index in [1.807, 2.05) is 0 Å². The summed E-state index contributed by atoms with van der Waals surface area (Å²) in [5, 5.41) is 0. The van der Waals surface area contributed by atoms with Gasteiger partial charge < -0.3 is 0 Å². The normalized spacial score (nSPS) is 16.4. The summed E-state index contributed by atoms with van der Waals surface area (Å²) in [6, 6.07) is 9.41. The average molecular weight is 210 g/mol. The molecule has 1 heterocycles. The minimum Gasteiger partial charge on any atom is -0.0792 e. The van der Waals surface area contributed by atoms with Crippen LogP contribution in [0.5, 0.6) is 0 Å². The standard InChI is InChI=1S/C13H21B3/c1-10(2)7-11-3-5-12(6-4-11)13-8-14-16-15-9-13/h3-6,10,13-16H,7-9H2,1-2H3. The molecule has 1 saturated heterocycles. The van der Waals surface area contributed by atoms with Crippen LogP contribution in [0.25, 0.3) is 0 Å². The number of benzene rings is 1. The van der Waals surface area contributed by atoms with E-state index in [9.17, 15) is 0 Å². The van der Waals surface area contributed by atoms with Gasteiger partial charge in [0.2, 0.25) is 0 Å². The van der Waals surface area contributed by atoms with Gasteiger partial charge in [-0.2, -0.15) is 0 Å². The van der Waals surface area contributed by atoms with Crippen LogP contribution in [-0.4, -0.2) is 21.4 Å². The minimum absolute atomic E-state index is 0.764. The third kappa shape index (κ3) is 3.20. The summed E-state index contributed by atoms with van der Waals surface area (Å²) in [6.07, 6.45) is 4.03. The Morgan fingerprint density at radius 2 is 1.75 bits per heavy atom. The Bertz CT molecular complexity index is 312. The molecule has 3 heteroatoms. The van der Waals surface area contributed by atoms with E-state index in [-0.39, 0.29) is 0 Å². The summed E-state index contributed by atoms with van der Waals surface area (Å²) in [6.45, 7) is 4.57. The predicted molar refractivity (Wildman–Crippen MR) is 78.8 cm³/mol. The minimum atomic E-state index is 0.764. The first kappa shape index (κ1) is 11.9. The zero-order valence-electron chi connectivity index (χ0n) is 10.7. The fourth-order valence-electron chi connectivity index (χ4n) is 2.83. The van der Waals surface area contributed by atoms with E-state index in [0.29, 0.717) is 0 Å². The molecule has 1 aliphatic heterocycles. The second kappa shape index (κ2) is 5.66. The molecule has 0 radical (unpaired) electrons. The van der Waals surface area contributed by atoms with Gasteiger partial charge in [0.15, 0.2) is 0 Å². The molecule has 0 nitrogen and oxygen atoms in total. The highest BCUT2D eigenvalue weighted by molar-refractivity contribution is 7.30. The highest BCUT2D eigenvalue weighted by Gasteiger charge is 2.16. The number of hydrogen-bond acceptors (Lipinski definition) is 0. The molecule has 1 aromatic rings. The molecule has 0 aromatic heterocycles. The monoisotopic (exact) mass is 210 g/mol. The molecule has 0 aliphatic carbocycles. The zero-order valence-corrected chi connectivity index (χ0v) is 10.7. The maximum absolute atomic E-state index is 2.37. The lowest BCUT2D eigenvalue weighted by Gasteiger charge is -2.20. The van der Waals surface area contributed by atoms with Gasteiger partial charge in [-0.25, -0.2) is 0 Å². The Hall–Kier alpha value is -0.585. The molecular weight excluding hydrogens is 189 g/mol. The van der Waals surface area contributed by atoms with Crippen molar-refractivity contribution in [1.82, 2.24) is 0 Å². The van der Waals surface area contributed by atoms with Gasteiger partial charge in [-0.15, -0.1) is 0 Å². The molecule has 0 saturated carbocycles. The van der Waals surface area contributed by atoms with E-state index < -0.39 is 0 Å². The van der Waals surface area contributed by atoms with Crippen molar-refractivity contribution in [3.63, 3.8) is 0 Å². The lowest BCUT2D eigenvalue weighted by Crippen LogP contribution is -2.23. The summed E-state index contributed by atoms with van der Waals surface area (Å²) in [5.41, 5.74) is 3.07. The molecule has 0 amide bonds. The number of hydrogen-bond donors (Lipinski definition) is 0. The Morgan fingerprint density at radius 3 is 2.31 bits per heavy atom. The van der Waals surface area contributed by atoms with E-state index in [4.69, 9.17) is 0 Å². The summed E-state index contributed by atoms with van der Waals surface area (Å²) < 4.78 is 0. The van der Waals surface area contributed by atoms with Crippen molar-refractivity contribution in [3.8, 4) is 0 Å². The van der Waals surface area contributed by atoms with Crippen LogP contribution in [0.4, 0.5) is 0 Å². The van der Waals surface area contributed by atoms with Crippen molar-refractivity contribution >= 4 is 21.4 Å². The van der Waals surface area contributed by atoms with Gasteiger partial charge in [-0.05, 0) is 29.4 Å². The third-order valence-electron chi connectivity index (χ3n) is 3.70. The molecule has 2 rings (SSSR count). The van der Waals surface area contributed by atoms with E-state index in [1.165, 1.54) is 46.0 Å². The van der Waals surface area contributed by atoms with E-state index in [1.54, 1.807) is 5.56 Å². The molecule has 0 N–H and O–H groups in total. The maximum Gasteiger partial charge on any atom is 0.0791 e. The molecular formula is C13H21B3. The van der Waals surface area contributed by atoms with Gasteiger partial charge in [-0.3, -0.25) is 0 Å². The fraction of sp³-hybridized carbons (Fsp3) is 0.538. The molecule has 0 bridgehead atoms. The van der Waals surface area contributed by atoms with E-state index >= 15 is 0 Å². The highest BCUT2D eigenvalue weighted by Crippen LogP contribution is 2.26. The molecule has 1 aromatic carbocycles. The summed E-state index contributed by atoms with van der Waals surface area (Å²) in [5.74, 6) is 1.61. The van der Waals surface area contributed by atoms with Crippen LogP contribution in [0.1, 0.15) is 30.9 Å². The van der Waals surface area contributed by atoms with Crippen LogP contribution < -0.4 is 0 Å². The summed E-state index contributed by atoms with van der Waals surface area (Å²) in [7, 11) is 4.30. The second-order valence-electron chi connectivity index (χ2n) is 5.67. The first-order valence-electron chi connectivity index (χ1n) is 6.84. The Kier molecular flexibility index (Phi) is 4.20. The van der Waals surface area contributed by atoms with Crippen LogP contribution in [0.15, 0.2) is 24.3 Å². The number of rotatable bonds is 3. The first-order valence-corrected chi connectivity index (χ1v) is 6.84. The largest absolute Gasteiger partial charge is 0.0792 e. The van der Waals surface area contributed by atoms with Crippen LogP contribution in [0.3, 0.4) is 0 Å². The second-order valence-corrected chi connectivity index (χ2v) is 5.67. The molecule has 16 heavy (non-hydrogen) atoms. The van der Waals surface area contributed by atoms with E-state index in [0.717, 1.165) is 11.8 Å². The zero-order chi connectivity index (χ0) is 11.4. The molecule has 1 fully saturated rings. The first-order chi connectivity index (χ1) is 7.75. The molecule has 0 unspecified atom stereocenters.